The Morgan fingerprint density at radius 3 is 2.71 bits per heavy atom. The molecule has 1 saturated heterocycles. The molecule has 7 nitrogen and oxygen atoms in total. The Morgan fingerprint density at radius 2 is 2.00 bits per heavy atom. The highest BCUT2D eigenvalue weighted by molar-refractivity contribution is 9.12. The second kappa shape index (κ2) is 15.4. The normalized spacial score (nSPS) is 23.2. The van der Waals surface area contributed by atoms with E-state index in [0.717, 1.165) is 87.7 Å². The third-order valence-corrected chi connectivity index (χ3v) is 8.49. The molecule has 1 fully saturated rings. The molecule has 1 atom stereocenters. The highest BCUT2D eigenvalue weighted by Crippen LogP contribution is 2.30. The molecule has 1 unspecified atom stereocenters. The fourth-order valence-corrected chi connectivity index (χ4v) is 5.59. The number of piperidine rings is 1. The van der Waals surface area contributed by atoms with E-state index in [1.54, 1.807) is 6.20 Å². The molecule has 2 aromatic rings. The summed E-state index contributed by atoms with van der Waals surface area (Å²) in [6, 6.07) is 14.5. The van der Waals surface area contributed by atoms with Crippen molar-refractivity contribution in [3.05, 3.63) is 106 Å². The summed E-state index contributed by atoms with van der Waals surface area (Å²) in [6.07, 6.45) is 10.7. The van der Waals surface area contributed by atoms with Crippen LogP contribution in [0.1, 0.15) is 44.2 Å². The van der Waals surface area contributed by atoms with Crippen molar-refractivity contribution in [3.8, 4) is 0 Å². The van der Waals surface area contributed by atoms with Crippen LogP contribution in [0.15, 0.2) is 110 Å². The zero-order chi connectivity index (χ0) is 29.9. The Labute approximate surface area is 259 Å². The number of benzene rings is 1. The second-order valence-corrected chi connectivity index (χ2v) is 11.4. The fourth-order valence-electron chi connectivity index (χ4n) is 5.35. The first-order valence-corrected chi connectivity index (χ1v) is 15.3. The number of rotatable bonds is 8. The van der Waals surface area contributed by atoms with Crippen molar-refractivity contribution < 1.29 is 0 Å². The lowest BCUT2D eigenvalue weighted by molar-refractivity contribution is 0.261. The lowest BCUT2D eigenvalue weighted by atomic mass is 9.90. The zero-order valence-corrected chi connectivity index (χ0v) is 26.8. The molecule has 0 spiro atoms. The van der Waals surface area contributed by atoms with Gasteiger partial charge in [0.1, 0.15) is 5.84 Å². The summed E-state index contributed by atoms with van der Waals surface area (Å²) in [4.78, 5) is 21.0. The van der Waals surface area contributed by atoms with E-state index in [-0.39, 0.29) is 5.92 Å². The smallest absolute Gasteiger partial charge is 0.130 e. The fraction of sp³-hybridized carbons (Fsp3) is 0.353. The van der Waals surface area contributed by atoms with Gasteiger partial charge in [-0.1, -0.05) is 43.0 Å². The number of hydrogen-bond acceptors (Lipinski definition) is 6. The summed E-state index contributed by atoms with van der Waals surface area (Å²) in [6.45, 7) is 12.0. The first kappa shape index (κ1) is 31.2. The van der Waals surface area contributed by atoms with Gasteiger partial charge < -0.3 is 15.5 Å². The van der Waals surface area contributed by atoms with E-state index in [1.807, 2.05) is 45.6 Å². The minimum Gasteiger partial charge on any atom is -0.384 e. The maximum absolute atomic E-state index is 5.16. The minimum absolute atomic E-state index is 0.243. The number of likely N-dealkylation sites (N-methyl/N-ethyl adjacent to an activating group) is 1. The SMILES string of the molecule is C=C(/C(C(=NC)NC)=C(\C)c1ccccc1)N1CCCC(C2=N\C(C)=C(/Br)C=NCC/C(NCc3cccnc3)=C\2)C1. The average molecular weight is 629 g/mol. The van der Waals surface area contributed by atoms with Crippen molar-refractivity contribution in [2.75, 3.05) is 33.7 Å². The standard InChI is InChI=1S/C34H42BrN7/c1-24(28-12-7-6-8-13-28)33(34(36-4)37-5)26(3)42-18-10-14-29(23-42)32-19-30(40-21-27-11-9-16-38-20-27)15-17-39-22-31(35)25(2)41-32/h6-9,11-13,16,19-20,22,29,40H,3,10,14-15,17-18,21,23H2,1-2,4-5H3,(H,36,37)/b30-19+,31-25-,33-24-,39-22?,41-32-. The Hall–Kier alpha value is -3.78. The largest absolute Gasteiger partial charge is 0.384 e. The van der Waals surface area contributed by atoms with E-state index in [4.69, 9.17) is 4.99 Å². The third-order valence-electron chi connectivity index (χ3n) is 7.71. The number of aliphatic imine (C=N–C) groups is 3. The van der Waals surface area contributed by atoms with Gasteiger partial charge in [-0.25, -0.2) is 0 Å². The van der Waals surface area contributed by atoms with E-state index < -0.39 is 0 Å². The number of pyridine rings is 1. The van der Waals surface area contributed by atoms with Crippen molar-refractivity contribution in [1.29, 1.82) is 0 Å². The monoisotopic (exact) mass is 627 g/mol. The summed E-state index contributed by atoms with van der Waals surface area (Å²) in [5, 5.41) is 6.94. The molecule has 0 bridgehead atoms. The van der Waals surface area contributed by atoms with Crippen LogP contribution >= 0.6 is 15.9 Å². The van der Waals surface area contributed by atoms with Gasteiger partial charge in [-0.3, -0.25) is 20.0 Å². The number of halogens is 1. The van der Waals surface area contributed by atoms with Gasteiger partial charge in [0.2, 0.25) is 0 Å². The van der Waals surface area contributed by atoms with Crippen molar-refractivity contribution >= 4 is 39.3 Å². The summed E-state index contributed by atoms with van der Waals surface area (Å²) < 4.78 is 0.916. The van der Waals surface area contributed by atoms with E-state index >= 15 is 0 Å². The van der Waals surface area contributed by atoms with Crippen LogP contribution < -0.4 is 10.6 Å². The molecule has 3 heterocycles. The quantitative estimate of drug-likeness (QED) is 0.198. The second-order valence-electron chi connectivity index (χ2n) is 10.6. The molecule has 0 aliphatic carbocycles. The van der Waals surface area contributed by atoms with Gasteiger partial charge in [-0.05, 0) is 71.5 Å². The minimum atomic E-state index is 0.243. The predicted molar refractivity (Wildman–Crippen MR) is 181 cm³/mol. The Bertz CT molecular complexity index is 1420. The van der Waals surface area contributed by atoms with Crippen LogP contribution in [0.3, 0.4) is 0 Å². The number of aromatic nitrogens is 1. The Balaban J connectivity index is 1.66. The van der Waals surface area contributed by atoms with Crippen LogP contribution in [-0.4, -0.2) is 61.4 Å². The van der Waals surface area contributed by atoms with E-state index in [1.165, 1.54) is 0 Å². The molecule has 2 N–H and O–H groups in total. The Morgan fingerprint density at radius 1 is 1.19 bits per heavy atom. The van der Waals surface area contributed by atoms with Gasteiger partial charge in [0.25, 0.3) is 0 Å². The van der Waals surface area contributed by atoms with Gasteiger partial charge in [0, 0.05) is 93.9 Å². The number of nitrogens with one attached hydrogen (secondary N) is 2. The zero-order valence-electron chi connectivity index (χ0n) is 25.2. The van der Waals surface area contributed by atoms with Gasteiger partial charge >= 0.3 is 0 Å². The number of nitrogens with zero attached hydrogens (tertiary/aromatic N) is 5. The summed E-state index contributed by atoms with van der Waals surface area (Å²) in [7, 11) is 3.75. The van der Waals surface area contributed by atoms with Gasteiger partial charge in [-0.15, -0.1) is 0 Å². The van der Waals surface area contributed by atoms with Crippen LogP contribution in [0.2, 0.25) is 0 Å². The highest BCUT2D eigenvalue weighted by atomic mass is 79.9. The molecule has 220 valence electrons. The summed E-state index contributed by atoms with van der Waals surface area (Å²) in [5.74, 6) is 1.08. The van der Waals surface area contributed by atoms with Crippen molar-refractivity contribution in [2.45, 2.75) is 39.7 Å². The molecular formula is C34H42BrN7. The molecule has 0 saturated carbocycles. The summed E-state index contributed by atoms with van der Waals surface area (Å²) in [5.41, 5.74) is 8.61. The molecule has 1 aromatic carbocycles. The van der Waals surface area contributed by atoms with Gasteiger partial charge in [0.15, 0.2) is 0 Å². The van der Waals surface area contributed by atoms with Gasteiger partial charge in [-0.2, -0.15) is 0 Å². The van der Waals surface area contributed by atoms with Crippen LogP contribution in [0, 0.1) is 5.92 Å². The Kier molecular flexibility index (Phi) is 11.5. The number of amidine groups is 1. The molecule has 2 aliphatic heterocycles. The van der Waals surface area contributed by atoms with E-state index in [9.17, 15) is 0 Å². The molecule has 2 aliphatic rings. The maximum Gasteiger partial charge on any atom is 0.130 e. The summed E-state index contributed by atoms with van der Waals surface area (Å²) >= 11 is 3.68. The molecular weight excluding hydrogens is 586 g/mol. The van der Waals surface area contributed by atoms with Crippen LogP contribution in [-0.2, 0) is 6.54 Å². The number of hydrogen-bond donors (Lipinski definition) is 2. The lowest BCUT2D eigenvalue weighted by Crippen LogP contribution is -2.40. The molecule has 4 rings (SSSR count). The predicted octanol–water partition coefficient (Wildman–Crippen LogP) is 6.54. The molecule has 0 amide bonds. The van der Waals surface area contributed by atoms with Crippen molar-refractivity contribution in [1.82, 2.24) is 20.5 Å². The first-order valence-electron chi connectivity index (χ1n) is 14.5. The third kappa shape index (κ3) is 8.16. The van der Waals surface area contributed by atoms with Crippen LogP contribution in [0.4, 0.5) is 0 Å². The van der Waals surface area contributed by atoms with Crippen LogP contribution in [0.25, 0.3) is 5.57 Å². The van der Waals surface area contributed by atoms with Crippen LogP contribution in [0.5, 0.6) is 0 Å². The highest BCUT2D eigenvalue weighted by Gasteiger charge is 2.28. The molecule has 1 aromatic heterocycles. The molecule has 8 heteroatoms. The van der Waals surface area contributed by atoms with Crippen molar-refractivity contribution in [3.63, 3.8) is 0 Å². The van der Waals surface area contributed by atoms with E-state index in [2.05, 4.69) is 96.3 Å². The van der Waals surface area contributed by atoms with E-state index in [0.29, 0.717) is 13.1 Å². The first-order chi connectivity index (χ1) is 20.4. The average Bonchev–Trinajstić information content (AvgIpc) is 3.03. The molecule has 0 radical (unpaired) electrons. The molecule has 42 heavy (non-hydrogen) atoms. The number of likely N-dealkylation sites (tertiary alicyclic amines) is 1. The topological polar surface area (TPSA) is 77.3 Å². The van der Waals surface area contributed by atoms with Crippen molar-refractivity contribution in [2.24, 2.45) is 20.9 Å². The maximum atomic E-state index is 5.16. The number of allylic oxidation sites excluding steroid dienone is 4. The lowest BCUT2D eigenvalue weighted by Gasteiger charge is -2.37. The van der Waals surface area contributed by atoms with Gasteiger partial charge in [0.05, 0.1) is 10.2 Å².